The molecule has 0 aliphatic rings. The summed E-state index contributed by atoms with van der Waals surface area (Å²) in [6.45, 7) is 0. The lowest BCUT2D eigenvalue weighted by molar-refractivity contribution is 1.46. The first-order valence-corrected chi connectivity index (χ1v) is 5.81. The number of nitrogens with one attached hydrogen (secondary N) is 1. The molecule has 4 heteroatoms. The minimum Gasteiger partial charge on any atom is -0.397 e. The highest BCUT2D eigenvalue weighted by atomic mass is 79.9. The minimum atomic E-state index is 0.590. The Morgan fingerprint density at radius 1 is 1.12 bits per heavy atom. The predicted octanol–water partition coefficient (Wildman–Crippen LogP) is 3.65. The zero-order valence-corrected chi connectivity index (χ0v) is 10.5. The van der Waals surface area contributed by atoms with Gasteiger partial charge in [-0.15, -0.1) is 0 Å². The maximum absolute atomic E-state index is 8.99. The van der Waals surface area contributed by atoms with Gasteiger partial charge in [-0.2, -0.15) is 5.26 Å². The smallest absolute Gasteiger partial charge is 0.101 e. The zero-order chi connectivity index (χ0) is 12.3. The van der Waals surface area contributed by atoms with Gasteiger partial charge in [0, 0.05) is 4.47 Å². The van der Waals surface area contributed by atoms with Crippen LogP contribution in [-0.4, -0.2) is 0 Å². The van der Waals surface area contributed by atoms with Gasteiger partial charge >= 0.3 is 0 Å². The van der Waals surface area contributed by atoms with Crippen LogP contribution >= 0.6 is 15.9 Å². The fourth-order valence-electron chi connectivity index (χ4n) is 1.47. The van der Waals surface area contributed by atoms with Crippen molar-refractivity contribution in [2.24, 2.45) is 0 Å². The van der Waals surface area contributed by atoms with Crippen molar-refractivity contribution in [3.05, 3.63) is 52.5 Å². The standard InChI is InChI=1S/C13H10BrN3/c14-10-5-6-11(16)13(7-10)17-12-4-2-1-3-9(12)8-15/h1-7,17H,16H2. The molecule has 2 rings (SSSR count). The summed E-state index contributed by atoms with van der Waals surface area (Å²) in [7, 11) is 0. The van der Waals surface area contributed by atoms with Gasteiger partial charge in [0.1, 0.15) is 6.07 Å². The van der Waals surface area contributed by atoms with Gasteiger partial charge < -0.3 is 11.1 Å². The molecular weight excluding hydrogens is 278 g/mol. The third-order valence-electron chi connectivity index (χ3n) is 2.33. The lowest BCUT2D eigenvalue weighted by atomic mass is 10.2. The Morgan fingerprint density at radius 2 is 1.88 bits per heavy atom. The Bertz CT molecular complexity index is 587. The van der Waals surface area contributed by atoms with Crippen molar-refractivity contribution < 1.29 is 0 Å². The molecule has 0 unspecified atom stereocenters. The van der Waals surface area contributed by atoms with Gasteiger partial charge in [0.25, 0.3) is 0 Å². The van der Waals surface area contributed by atoms with E-state index in [2.05, 4.69) is 27.3 Å². The number of hydrogen-bond donors (Lipinski definition) is 2. The fourth-order valence-corrected chi connectivity index (χ4v) is 1.83. The van der Waals surface area contributed by atoms with E-state index in [9.17, 15) is 0 Å². The number of nitrogens with two attached hydrogens (primary N) is 1. The summed E-state index contributed by atoms with van der Waals surface area (Å²) < 4.78 is 0.934. The van der Waals surface area contributed by atoms with Crippen LogP contribution in [0, 0.1) is 11.3 Å². The van der Waals surface area contributed by atoms with E-state index in [0.29, 0.717) is 11.3 Å². The van der Waals surface area contributed by atoms with E-state index in [1.54, 1.807) is 12.1 Å². The van der Waals surface area contributed by atoms with Crippen LogP contribution in [0.15, 0.2) is 46.9 Å². The molecule has 0 heterocycles. The molecule has 0 aliphatic heterocycles. The number of halogens is 1. The third-order valence-corrected chi connectivity index (χ3v) is 2.83. The minimum absolute atomic E-state index is 0.590. The number of anilines is 3. The second-order valence-corrected chi connectivity index (χ2v) is 4.43. The van der Waals surface area contributed by atoms with E-state index < -0.39 is 0 Å². The van der Waals surface area contributed by atoms with Crippen LogP contribution in [0.4, 0.5) is 17.1 Å². The van der Waals surface area contributed by atoms with Crippen molar-refractivity contribution in [2.75, 3.05) is 11.1 Å². The molecule has 0 bridgehead atoms. The van der Waals surface area contributed by atoms with E-state index in [1.807, 2.05) is 30.3 Å². The van der Waals surface area contributed by atoms with E-state index in [0.717, 1.165) is 15.8 Å². The zero-order valence-electron chi connectivity index (χ0n) is 8.94. The molecule has 84 valence electrons. The van der Waals surface area contributed by atoms with Crippen molar-refractivity contribution in [3.63, 3.8) is 0 Å². The first-order valence-electron chi connectivity index (χ1n) is 5.02. The highest BCUT2D eigenvalue weighted by Gasteiger charge is 2.04. The molecule has 0 aromatic heterocycles. The highest BCUT2D eigenvalue weighted by Crippen LogP contribution is 2.27. The molecule has 0 radical (unpaired) electrons. The fraction of sp³-hybridized carbons (Fsp3) is 0. The molecule has 0 saturated heterocycles. The Hall–Kier alpha value is -1.99. The van der Waals surface area contributed by atoms with E-state index in [1.165, 1.54) is 0 Å². The van der Waals surface area contributed by atoms with Crippen molar-refractivity contribution in [1.29, 1.82) is 5.26 Å². The SMILES string of the molecule is N#Cc1ccccc1Nc1cc(Br)ccc1N. The summed E-state index contributed by atoms with van der Waals surface area (Å²) >= 11 is 3.38. The van der Waals surface area contributed by atoms with Gasteiger partial charge in [-0.3, -0.25) is 0 Å². The molecule has 2 aromatic carbocycles. The van der Waals surface area contributed by atoms with Gasteiger partial charge in [0.05, 0.1) is 22.6 Å². The van der Waals surface area contributed by atoms with Crippen LogP contribution in [0.5, 0.6) is 0 Å². The maximum Gasteiger partial charge on any atom is 0.101 e. The lowest BCUT2D eigenvalue weighted by Gasteiger charge is -2.10. The quantitative estimate of drug-likeness (QED) is 0.829. The predicted molar refractivity (Wildman–Crippen MR) is 73.0 cm³/mol. The monoisotopic (exact) mass is 287 g/mol. The third kappa shape index (κ3) is 2.58. The molecule has 0 fully saturated rings. The molecular formula is C13H10BrN3. The van der Waals surface area contributed by atoms with Gasteiger partial charge in [-0.1, -0.05) is 28.1 Å². The molecule has 3 N–H and O–H groups in total. The van der Waals surface area contributed by atoms with Crippen molar-refractivity contribution >= 4 is 33.0 Å². The number of hydrogen-bond acceptors (Lipinski definition) is 3. The molecule has 0 spiro atoms. The van der Waals surface area contributed by atoms with Gasteiger partial charge in [0.2, 0.25) is 0 Å². The Kier molecular flexibility index (Phi) is 3.31. The summed E-state index contributed by atoms with van der Waals surface area (Å²) in [5.41, 5.74) is 8.62. The number of para-hydroxylation sites is 1. The highest BCUT2D eigenvalue weighted by molar-refractivity contribution is 9.10. The van der Waals surface area contributed by atoms with Crippen LogP contribution in [-0.2, 0) is 0 Å². The number of rotatable bonds is 2. The molecule has 2 aromatic rings. The van der Waals surface area contributed by atoms with Gasteiger partial charge in [-0.25, -0.2) is 0 Å². The Balaban J connectivity index is 2.38. The molecule has 3 nitrogen and oxygen atoms in total. The van der Waals surface area contributed by atoms with Crippen molar-refractivity contribution in [2.45, 2.75) is 0 Å². The van der Waals surface area contributed by atoms with E-state index in [4.69, 9.17) is 11.0 Å². The van der Waals surface area contributed by atoms with Crippen molar-refractivity contribution in [1.82, 2.24) is 0 Å². The molecule has 0 amide bonds. The van der Waals surface area contributed by atoms with E-state index >= 15 is 0 Å². The summed E-state index contributed by atoms with van der Waals surface area (Å²) in [5, 5.41) is 12.1. The average Bonchev–Trinajstić information content (AvgIpc) is 2.34. The number of benzene rings is 2. The van der Waals surface area contributed by atoms with Gasteiger partial charge in [0.15, 0.2) is 0 Å². The summed E-state index contributed by atoms with van der Waals surface area (Å²) in [4.78, 5) is 0. The molecule has 17 heavy (non-hydrogen) atoms. The van der Waals surface area contributed by atoms with E-state index in [-0.39, 0.29) is 0 Å². The first kappa shape index (κ1) is 11.5. The lowest BCUT2D eigenvalue weighted by Crippen LogP contribution is -1.97. The molecule has 0 aliphatic carbocycles. The Labute approximate surface area is 108 Å². The van der Waals surface area contributed by atoms with Crippen LogP contribution in [0.3, 0.4) is 0 Å². The second kappa shape index (κ2) is 4.89. The van der Waals surface area contributed by atoms with Gasteiger partial charge in [-0.05, 0) is 30.3 Å². The molecule has 0 atom stereocenters. The Morgan fingerprint density at radius 3 is 2.65 bits per heavy atom. The number of nitrogens with zero attached hydrogens (tertiary/aromatic N) is 1. The summed E-state index contributed by atoms with van der Waals surface area (Å²) in [6.07, 6.45) is 0. The summed E-state index contributed by atoms with van der Waals surface area (Å²) in [6, 6.07) is 15.0. The van der Waals surface area contributed by atoms with Crippen LogP contribution in [0.2, 0.25) is 0 Å². The topological polar surface area (TPSA) is 61.8 Å². The largest absolute Gasteiger partial charge is 0.397 e. The normalized spacial score (nSPS) is 9.65. The number of nitrogen functional groups attached to an aromatic ring is 1. The second-order valence-electron chi connectivity index (χ2n) is 3.51. The average molecular weight is 288 g/mol. The summed E-state index contributed by atoms with van der Waals surface area (Å²) in [5.74, 6) is 0. The van der Waals surface area contributed by atoms with Crippen molar-refractivity contribution in [3.8, 4) is 6.07 Å². The molecule has 0 saturated carbocycles. The van der Waals surface area contributed by atoms with Crippen LogP contribution in [0.25, 0.3) is 0 Å². The van der Waals surface area contributed by atoms with Crippen LogP contribution < -0.4 is 11.1 Å². The first-order chi connectivity index (χ1) is 8.20. The maximum atomic E-state index is 8.99. The van der Waals surface area contributed by atoms with Crippen LogP contribution in [0.1, 0.15) is 5.56 Å². The number of nitriles is 1.